The predicted octanol–water partition coefficient (Wildman–Crippen LogP) is 2.29. The first-order valence-electron chi connectivity index (χ1n) is 6.20. The van der Waals surface area contributed by atoms with E-state index >= 15 is 0 Å². The van der Waals surface area contributed by atoms with E-state index in [1.165, 1.54) is 6.92 Å². The minimum Gasteiger partial charge on any atom is -0.396 e. The van der Waals surface area contributed by atoms with E-state index in [2.05, 4.69) is 5.32 Å². The molecule has 0 atom stereocenters. The fourth-order valence-electron chi connectivity index (χ4n) is 2.41. The number of nitrogens with two attached hydrogens (primary N) is 1. The molecule has 3 N–H and O–H groups in total. The normalized spacial score (nSPS) is 16.7. The Kier molecular flexibility index (Phi) is 3.87. The molecule has 0 aromatic carbocycles. The lowest BCUT2D eigenvalue weighted by molar-refractivity contribution is 0.102. The Morgan fingerprint density at radius 3 is 2.42 bits per heavy atom. The van der Waals surface area contributed by atoms with Gasteiger partial charge < -0.3 is 11.1 Å². The lowest BCUT2D eigenvalue weighted by Gasteiger charge is -2.13. The van der Waals surface area contributed by atoms with Crippen LogP contribution in [0, 0.1) is 0 Å². The smallest absolute Gasteiger partial charge is 0.180 e. The fraction of sp³-hybridized carbons (Fsp3) is 0.583. The third kappa shape index (κ3) is 2.92. The second-order valence-electron chi connectivity index (χ2n) is 4.96. The van der Waals surface area contributed by atoms with Gasteiger partial charge in [-0.15, -0.1) is 11.3 Å². The molecule has 1 aliphatic rings. The number of hydrogen-bond donors (Lipinski definition) is 2. The van der Waals surface area contributed by atoms with Crippen molar-refractivity contribution in [1.82, 2.24) is 0 Å². The Morgan fingerprint density at radius 1 is 1.37 bits per heavy atom. The lowest BCUT2D eigenvalue weighted by Crippen LogP contribution is -2.15. The highest BCUT2D eigenvalue weighted by Crippen LogP contribution is 2.40. The van der Waals surface area contributed by atoms with E-state index in [9.17, 15) is 13.2 Å². The van der Waals surface area contributed by atoms with Crippen molar-refractivity contribution in [2.45, 2.75) is 43.5 Å². The van der Waals surface area contributed by atoms with Crippen LogP contribution in [0.4, 0.5) is 10.7 Å². The highest BCUT2D eigenvalue weighted by Gasteiger charge is 2.27. The van der Waals surface area contributed by atoms with Crippen molar-refractivity contribution >= 4 is 37.6 Å². The van der Waals surface area contributed by atoms with Crippen LogP contribution in [-0.2, 0) is 9.84 Å². The number of thiophene rings is 1. The Hall–Kier alpha value is -1.08. The number of carbonyl (C=O) groups excluding carboxylic acids is 1. The van der Waals surface area contributed by atoms with Crippen molar-refractivity contribution in [2.75, 3.05) is 17.3 Å². The highest BCUT2D eigenvalue weighted by molar-refractivity contribution is 7.91. The molecule has 1 aliphatic carbocycles. The van der Waals surface area contributed by atoms with Crippen LogP contribution in [0.1, 0.15) is 42.3 Å². The maximum atomic E-state index is 11.9. The molecule has 0 amide bonds. The zero-order valence-corrected chi connectivity index (χ0v) is 12.7. The first-order chi connectivity index (χ1) is 8.80. The van der Waals surface area contributed by atoms with Gasteiger partial charge in [0, 0.05) is 19.2 Å². The number of nitrogens with one attached hydrogen (secondary N) is 1. The summed E-state index contributed by atoms with van der Waals surface area (Å²) in [7, 11) is -3.45. The van der Waals surface area contributed by atoms with E-state index in [-0.39, 0.29) is 22.4 Å². The van der Waals surface area contributed by atoms with Crippen molar-refractivity contribution in [3.05, 3.63) is 4.88 Å². The monoisotopic (exact) mass is 302 g/mol. The number of nitrogen functional groups attached to an aromatic ring is 1. The van der Waals surface area contributed by atoms with Crippen LogP contribution in [0.5, 0.6) is 0 Å². The SMILES string of the molecule is CC(=O)c1sc(NC2CCCC2)c(S(C)(=O)=O)c1N. The average Bonchev–Trinajstić information content (AvgIpc) is 2.85. The molecule has 1 fully saturated rings. The Balaban J connectivity index is 2.46. The molecule has 2 rings (SSSR count). The molecule has 19 heavy (non-hydrogen) atoms. The van der Waals surface area contributed by atoms with Crippen molar-refractivity contribution in [3.63, 3.8) is 0 Å². The number of anilines is 2. The number of ketones is 1. The van der Waals surface area contributed by atoms with Gasteiger partial charge in [-0.2, -0.15) is 0 Å². The van der Waals surface area contributed by atoms with Crippen molar-refractivity contribution in [2.24, 2.45) is 0 Å². The van der Waals surface area contributed by atoms with Gasteiger partial charge in [0.1, 0.15) is 9.90 Å². The summed E-state index contributed by atoms with van der Waals surface area (Å²) in [6, 6.07) is 0.276. The summed E-state index contributed by atoms with van der Waals surface area (Å²) in [5, 5.41) is 3.75. The van der Waals surface area contributed by atoms with Crippen LogP contribution in [-0.4, -0.2) is 26.5 Å². The Bertz CT molecular complexity index is 599. The zero-order valence-electron chi connectivity index (χ0n) is 11.0. The molecule has 0 unspecified atom stereocenters. The molecule has 1 aromatic rings. The molecule has 7 heteroatoms. The van der Waals surface area contributed by atoms with Gasteiger partial charge in [0.2, 0.25) is 0 Å². The van der Waals surface area contributed by atoms with Crippen molar-refractivity contribution < 1.29 is 13.2 Å². The summed E-state index contributed by atoms with van der Waals surface area (Å²) >= 11 is 1.14. The maximum Gasteiger partial charge on any atom is 0.180 e. The summed E-state index contributed by atoms with van der Waals surface area (Å²) < 4.78 is 23.7. The number of sulfone groups is 1. The van der Waals surface area contributed by atoms with Crippen LogP contribution < -0.4 is 11.1 Å². The van der Waals surface area contributed by atoms with Gasteiger partial charge in [-0.25, -0.2) is 8.42 Å². The summed E-state index contributed by atoms with van der Waals surface area (Å²) in [5.41, 5.74) is 5.92. The van der Waals surface area contributed by atoms with Crippen LogP contribution in [0.15, 0.2) is 4.90 Å². The topological polar surface area (TPSA) is 89.3 Å². The fourth-order valence-corrected chi connectivity index (χ4v) is 4.94. The molecule has 0 saturated heterocycles. The van der Waals surface area contributed by atoms with Crippen LogP contribution in [0.3, 0.4) is 0 Å². The summed E-state index contributed by atoms with van der Waals surface area (Å²) in [6.45, 7) is 1.40. The second-order valence-corrected chi connectivity index (χ2v) is 7.93. The standard InChI is InChI=1S/C12H18N2O3S2/c1-7(15)10-9(13)11(19(2,16)17)12(18-10)14-8-5-3-4-6-8/h8,14H,3-6,13H2,1-2H3. The van der Waals surface area contributed by atoms with E-state index < -0.39 is 9.84 Å². The van der Waals surface area contributed by atoms with E-state index in [4.69, 9.17) is 5.73 Å². The minimum atomic E-state index is -3.45. The second kappa shape index (κ2) is 5.13. The largest absolute Gasteiger partial charge is 0.396 e. The molecule has 0 radical (unpaired) electrons. The third-order valence-corrected chi connectivity index (χ3v) is 5.81. The molecule has 106 valence electrons. The van der Waals surface area contributed by atoms with Gasteiger partial charge in [0.05, 0.1) is 10.6 Å². The molecule has 5 nitrogen and oxygen atoms in total. The van der Waals surface area contributed by atoms with Gasteiger partial charge >= 0.3 is 0 Å². The summed E-state index contributed by atoms with van der Waals surface area (Å²) in [6.07, 6.45) is 5.46. The molecular weight excluding hydrogens is 284 g/mol. The highest BCUT2D eigenvalue weighted by atomic mass is 32.2. The predicted molar refractivity (Wildman–Crippen MR) is 77.7 cm³/mol. The van der Waals surface area contributed by atoms with E-state index in [1.54, 1.807) is 0 Å². The molecular formula is C12H18N2O3S2. The maximum absolute atomic E-state index is 11.9. The van der Waals surface area contributed by atoms with E-state index in [0.717, 1.165) is 43.3 Å². The molecule has 0 aliphatic heterocycles. The van der Waals surface area contributed by atoms with Crippen LogP contribution >= 0.6 is 11.3 Å². The van der Waals surface area contributed by atoms with Crippen LogP contribution in [0.25, 0.3) is 0 Å². The Morgan fingerprint density at radius 2 is 1.95 bits per heavy atom. The van der Waals surface area contributed by atoms with E-state index in [0.29, 0.717) is 9.88 Å². The van der Waals surface area contributed by atoms with Gasteiger partial charge in [0.25, 0.3) is 0 Å². The Labute approximate surface area is 117 Å². The number of hydrogen-bond acceptors (Lipinski definition) is 6. The average molecular weight is 302 g/mol. The molecule has 1 aromatic heterocycles. The molecule has 1 saturated carbocycles. The number of rotatable bonds is 4. The van der Waals surface area contributed by atoms with Crippen molar-refractivity contribution in [3.8, 4) is 0 Å². The molecule has 1 heterocycles. The van der Waals surface area contributed by atoms with Gasteiger partial charge in [-0.1, -0.05) is 12.8 Å². The number of Topliss-reactive ketones (excluding diaryl/α,β-unsaturated/α-hetero) is 1. The quantitative estimate of drug-likeness (QED) is 0.833. The van der Waals surface area contributed by atoms with Crippen LogP contribution in [0.2, 0.25) is 0 Å². The zero-order chi connectivity index (χ0) is 14.2. The first kappa shape index (κ1) is 14.3. The third-order valence-electron chi connectivity index (χ3n) is 3.28. The first-order valence-corrected chi connectivity index (χ1v) is 8.91. The minimum absolute atomic E-state index is 0.0783. The van der Waals surface area contributed by atoms with Gasteiger partial charge in [-0.05, 0) is 12.8 Å². The molecule has 0 spiro atoms. The van der Waals surface area contributed by atoms with Gasteiger partial charge in [0.15, 0.2) is 15.6 Å². The summed E-state index contributed by atoms with van der Waals surface area (Å²) in [5.74, 6) is -0.202. The van der Waals surface area contributed by atoms with Crippen molar-refractivity contribution in [1.29, 1.82) is 0 Å². The summed E-state index contributed by atoms with van der Waals surface area (Å²) in [4.78, 5) is 11.9. The lowest BCUT2D eigenvalue weighted by atomic mass is 10.2. The molecule has 0 bridgehead atoms. The number of carbonyl (C=O) groups is 1. The van der Waals surface area contributed by atoms with Gasteiger partial charge in [-0.3, -0.25) is 4.79 Å². The van der Waals surface area contributed by atoms with E-state index in [1.807, 2.05) is 0 Å².